The fourth-order valence-corrected chi connectivity index (χ4v) is 1.63. The monoisotopic (exact) mass is 278 g/mol. The summed E-state index contributed by atoms with van der Waals surface area (Å²) in [5.74, 6) is 0.126. The molecule has 0 saturated carbocycles. The van der Waals surface area contributed by atoms with E-state index < -0.39 is 4.92 Å². The van der Waals surface area contributed by atoms with Gasteiger partial charge < -0.3 is 9.64 Å². The maximum atomic E-state index is 11.9. The number of carbonyl (C=O) groups is 1. The largest absolute Gasteiger partial charge is 0.484 e. The number of likely N-dealkylation sites (N-methyl/N-ethyl adjacent to an activating group) is 1. The van der Waals surface area contributed by atoms with E-state index in [0.717, 1.165) is 5.57 Å². The van der Waals surface area contributed by atoms with Gasteiger partial charge in [-0.25, -0.2) is 0 Å². The number of nitrogens with zero attached hydrogens (tertiary/aromatic N) is 2. The molecule has 6 heteroatoms. The van der Waals surface area contributed by atoms with Crippen molar-refractivity contribution in [2.24, 2.45) is 0 Å². The van der Waals surface area contributed by atoms with E-state index in [2.05, 4.69) is 6.58 Å². The molecule has 20 heavy (non-hydrogen) atoms. The van der Waals surface area contributed by atoms with E-state index in [1.807, 2.05) is 13.8 Å². The van der Waals surface area contributed by atoms with Crippen molar-refractivity contribution in [3.05, 3.63) is 46.5 Å². The van der Waals surface area contributed by atoms with Gasteiger partial charge in [-0.1, -0.05) is 18.2 Å². The highest BCUT2D eigenvalue weighted by Crippen LogP contribution is 2.19. The lowest BCUT2D eigenvalue weighted by Crippen LogP contribution is -2.35. The minimum atomic E-state index is -0.506. The summed E-state index contributed by atoms with van der Waals surface area (Å²) in [6.45, 7) is 8.37. The van der Waals surface area contributed by atoms with Crippen LogP contribution in [-0.2, 0) is 4.79 Å². The number of carbonyl (C=O) groups excluding carboxylic acids is 1. The van der Waals surface area contributed by atoms with E-state index in [4.69, 9.17) is 4.74 Å². The Bertz CT molecular complexity index is 514. The lowest BCUT2D eigenvalue weighted by atomic mass is 10.3. The number of nitro benzene ring substituents is 1. The number of hydrogen-bond acceptors (Lipinski definition) is 4. The molecule has 0 aromatic heterocycles. The molecule has 0 aliphatic carbocycles. The maximum Gasteiger partial charge on any atom is 0.273 e. The number of benzene rings is 1. The van der Waals surface area contributed by atoms with Gasteiger partial charge in [-0.05, 0) is 19.9 Å². The molecule has 6 nitrogen and oxygen atoms in total. The first-order chi connectivity index (χ1) is 9.43. The van der Waals surface area contributed by atoms with Crippen molar-refractivity contribution < 1.29 is 14.5 Å². The summed E-state index contributed by atoms with van der Waals surface area (Å²) < 4.78 is 5.30. The van der Waals surface area contributed by atoms with E-state index in [0.29, 0.717) is 18.8 Å². The average molecular weight is 278 g/mol. The van der Waals surface area contributed by atoms with Crippen LogP contribution in [0, 0.1) is 10.1 Å². The Kier molecular flexibility index (Phi) is 5.71. The first kappa shape index (κ1) is 15.7. The van der Waals surface area contributed by atoms with Crippen LogP contribution >= 0.6 is 0 Å². The van der Waals surface area contributed by atoms with Gasteiger partial charge in [-0.3, -0.25) is 14.9 Å². The first-order valence-corrected chi connectivity index (χ1v) is 6.23. The summed E-state index contributed by atoms with van der Waals surface area (Å²) in [7, 11) is 0. The van der Waals surface area contributed by atoms with Gasteiger partial charge >= 0.3 is 0 Å². The Morgan fingerprint density at radius 3 is 2.75 bits per heavy atom. The molecule has 108 valence electrons. The topological polar surface area (TPSA) is 72.7 Å². The molecule has 0 heterocycles. The molecule has 0 aliphatic heterocycles. The standard InChI is InChI=1S/C14H18N2O4/c1-4-15(9-11(2)3)14(17)10-20-13-7-5-6-12(8-13)16(18)19/h5-8H,2,4,9-10H2,1,3H3. The molecule has 0 atom stereocenters. The quantitative estimate of drug-likeness (QED) is 0.436. The Morgan fingerprint density at radius 1 is 1.50 bits per heavy atom. The molecule has 0 unspecified atom stereocenters. The first-order valence-electron chi connectivity index (χ1n) is 6.23. The number of nitro groups is 1. The van der Waals surface area contributed by atoms with Crippen LogP contribution < -0.4 is 4.74 Å². The van der Waals surface area contributed by atoms with Gasteiger partial charge in [-0.15, -0.1) is 0 Å². The Labute approximate surface area is 117 Å². The van der Waals surface area contributed by atoms with Gasteiger partial charge in [0.1, 0.15) is 5.75 Å². The zero-order valence-electron chi connectivity index (χ0n) is 11.7. The Morgan fingerprint density at radius 2 is 2.20 bits per heavy atom. The van der Waals surface area contributed by atoms with Gasteiger partial charge in [-0.2, -0.15) is 0 Å². The molecule has 0 radical (unpaired) electrons. The van der Waals surface area contributed by atoms with Crippen molar-refractivity contribution in [2.75, 3.05) is 19.7 Å². The van der Waals surface area contributed by atoms with Crippen molar-refractivity contribution in [2.45, 2.75) is 13.8 Å². The average Bonchev–Trinajstić information content (AvgIpc) is 2.42. The number of ether oxygens (including phenoxy) is 1. The number of hydrogen-bond donors (Lipinski definition) is 0. The van der Waals surface area contributed by atoms with E-state index in [-0.39, 0.29) is 18.2 Å². The fraction of sp³-hybridized carbons (Fsp3) is 0.357. The SMILES string of the molecule is C=C(C)CN(CC)C(=O)COc1cccc([N+](=O)[O-])c1. The lowest BCUT2D eigenvalue weighted by Gasteiger charge is -2.20. The van der Waals surface area contributed by atoms with Crippen molar-refractivity contribution in [3.8, 4) is 5.75 Å². The van der Waals surface area contributed by atoms with Crippen LogP contribution in [-0.4, -0.2) is 35.4 Å². The normalized spacial score (nSPS) is 9.90. The van der Waals surface area contributed by atoms with Crippen LogP contribution in [0.2, 0.25) is 0 Å². The number of amides is 1. The molecule has 0 N–H and O–H groups in total. The lowest BCUT2D eigenvalue weighted by molar-refractivity contribution is -0.384. The van der Waals surface area contributed by atoms with Crippen LogP contribution in [0.15, 0.2) is 36.4 Å². The highest BCUT2D eigenvalue weighted by atomic mass is 16.6. The molecule has 1 rings (SSSR count). The van der Waals surface area contributed by atoms with Gasteiger partial charge in [0.2, 0.25) is 0 Å². The summed E-state index contributed by atoms with van der Waals surface area (Å²) >= 11 is 0. The zero-order chi connectivity index (χ0) is 15.1. The Balaban J connectivity index is 2.62. The third-order valence-corrected chi connectivity index (χ3v) is 2.59. The molecule has 1 aromatic rings. The summed E-state index contributed by atoms with van der Waals surface area (Å²) in [4.78, 5) is 23.7. The Hall–Kier alpha value is -2.37. The van der Waals surface area contributed by atoms with Crippen molar-refractivity contribution in [3.63, 3.8) is 0 Å². The smallest absolute Gasteiger partial charge is 0.273 e. The molecule has 0 aliphatic rings. The van der Waals surface area contributed by atoms with E-state index >= 15 is 0 Å². The predicted molar refractivity (Wildman–Crippen MR) is 75.7 cm³/mol. The molecule has 0 spiro atoms. The summed E-state index contributed by atoms with van der Waals surface area (Å²) in [6.07, 6.45) is 0. The fourth-order valence-electron chi connectivity index (χ4n) is 1.63. The van der Waals surface area contributed by atoms with Gasteiger partial charge in [0, 0.05) is 19.2 Å². The van der Waals surface area contributed by atoms with Gasteiger partial charge in [0.05, 0.1) is 11.0 Å². The van der Waals surface area contributed by atoms with Crippen LogP contribution in [0.4, 0.5) is 5.69 Å². The third-order valence-electron chi connectivity index (χ3n) is 2.59. The van der Waals surface area contributed by atoms with Crippen molar-refractivity contribution >= 4 is 11.6 Å². The predicted octanol–water partition coefficient (Wildman–Crippen LogP) is 2.40. The molecular weight excluding hydrogens is 260 g/mol. The highest BCUT2D eigenvalue weighted by Gasteiger charge is 2.13. The number of non-ortho nitro benzene ring substituents is 1. The van der Waals surface area contributed by atoms with Gasteiger partial charge in [0.25, 0.3) is 11.6 Å². The summed E-state index contributed by atoms with van der Waals surface area (Å²) in [5, 5.41) is 10.6. The van der Waals surface area contributed by atoms with E-state index in [9.17, 15) is 14.9 Å². The van der Waals surface area contributed by atoms with Crippen LogP contribution in [0.5, 0.6) is 5.75 Å². The van der Waals surface area contributed by atoms with E-state index in [1.54, 1.807) is 11.0 Å². The maximum absolute atomic E-state index is 11.9. The van der Waals surface area contributed by atoms with Crippen molar-refractivity contribution in [1.82, 2.24) is 4.90 Å². The second kappa shape index (κ2) is 7.28. The minimum Gasteiger partial charge on any atom is -0.484 e. The summed E-state index contributed by atoms with van der Waals surface area (Å²) in [5.41, 5.74) is 0.819. The molecule has 1 amide bonds. The third kappa shape index (κ3) is 4.72. The van der Waals surface area contributed by atoms with Crippen LogP contribution in [0.3, 0.4) is 0 Å². The van der Waals surface area contributed by atoms with Crippen LogP contribution in [0.1, 0.15) is 13.8 Å². The van der Waals surface area contributed by atoms with Crippen LogP contribution in [0.25, 0.3) is 0 Å². The van der Waals surface area contributed by atoms with Gasteiger partial charge in [0.15, 0.2) is 6.61 Å². The zero-order valence-corrected chi connectivity index (χ0v) is 11.7. The van der Waals surface area contributed by atoms with Crippen molar-refractivity contribution in [1.29, 1.82) is 0 Å². The molecule has 0 fully saturated rings. The highest BCUT2D eigenvalue weighted by molar-refractivity contribution is 5.78. The molecular formula is C14H18N2O4. The second-order valence-corrected chi connectivity index (χ2v) is 4.41. The number of rotatable bonds is 7. The second-order valence-electron chi connectivity index (χ2n) is 4.41. The molecule has 0 bridgehead atoms. The van der Waals surface area contributed by atoms with E-state index in [1.165, 1.54) is 18.2 Å². The minimum absolute atomic E-state index is 0.0655. The summed E-state index contributed by atoms with van der Waals surface area (Å²) in [6, 6.07) is 5.76. The molecule has 0 saturated heterocycles. The molecule has 1 aromatic carbocycles.